The molecule has 0 spiro atoms. The van der Waals surface area contributed by atoms with E-state index in [0.29, 0.717) is 24.4 Å². The Hall–Kier alpha value is -0.130. The monoisotopic (exact) mass is 262 g/mol. The average Bonchev–Trinajstić information content (AvgIpc) is 2.26. The minimum atomic E-state index is -3.07. The molecule has 0 amide bonds. The first-order valence-corrected chi connectivity index (χ1v) is 8.27. The molecule has 3 N–H and O–H groups in total. The Morgan fingerprint density at radius 3 is 2.35 bits per heavy atom. The largest absolute Gasteiger partial charge is 0.328 e. The van der Waals surface area contributed by atoms with Crippen molar-refractivity contribution in [1.29, 1.82) is 0 Å². The second-order valence-corrected chi connectivity index (χ2v) is 7.56. The Morgan fingerprint density at radius 1 is 1.24 bits per heavy atom. The average molecular weight is 262 g/mol. The molecule has 1 saturated carbocycles. The second-order valence-electron chi connectivity index (χ2n) is 5.63. The highest BCUT2D eigenvalue weighted by Crippen LogP contribution is 2.22. The van der Waals surface area contributed by atoms with Crippen molar-refractivity contribution in [2.45, 2.75) is 52.0 Å². The smallest absolute Gasteiger partial charge is 0.211 e. The van der Waals surface area contributed by atoms with E-state index in [2.05, 4.69) is 4.72 Å². The van der Waals surface area contributed by atoms with Crippen LogP contribution in [-0.2, 0) is 10.0 Å². The van der Waals surface area contributed by atoms with Gasteiger partial charge < -0.3 is 5.73 Å². The molecule has 0 unspecified atom stereocenters. The summed E-state index contributed by atoms with van der Waals surface area (Å²) >= 11 is 0. The van der Waals surface area contributed by atoms with Gasteiger partial charge in [0.15, 0.2) is 0 Å². The molecule has 0 aliphatic heterocycles. The fourth-order valence-corrected chi connectivity index (χ4v) is 3.52. The molecule has 1 fully saturated rings. The Balaban J connectivity index is 2.25. The lowest BCUT2D eigenvalue weighted by Gasteiger charge is -2.26. The molecule has 4 nitrogen and oxygen atoms in total. The van der Waals surface area contributed by atoms with E-state index in [1.807, 2.05) is 13.8 Å². The maximum atomic E-state index is 11.7. The molecule has 102 valence electrons. The predicted molar refractivity (Wildman–Crippen MR) is 71.2 cm³/mol. The minimum Gasteiger partial charge on any atom is -0.328 e. The van der Waals surface area contributed by atoms with E-state index in [4.69, 9.17) is 5.73 Å². The first-order chi connectivity index (χ1) is 7.89. The zero-order valence-electron chi connectivity index (χ0n) is 11.0. The molecule has 0 atom stereocenters. The van der Waals surface area contributed by atoms with Gasteiger partial charge in [-0.3, -0.25) is 0 Å². The molecule has 0 saturated heterocycles. The number of sulfonamides is 1. The summed E-state index contributed by atoms with van der Waals surface area (Å²) in [4.78, 5) is 0. The van der Waals surface area contributed by atoms with Crippen LogP contribution in [0.4, 0.5) is 0 Å². The first-order valence-electron chi connectivity index (χ1n) is 6.62. The maximum absolute atomic E-state index is 11.7. The minimum absolute atomic E-state index is 0.247. The van der Waals surface area contributed by atoms with Crippen LogP contribution >= 0.6 is 0 Å². The lowest BCUT2D eigenvalue weighted by atomic mass is 9.87. The van der Waals surface area contributed by atoms with Gasteiger partial charge in [-0.1, -0.05) is 13.8 Å². The summed E-state index contributed by atoms with van der Waals surface area (Å²) < 4.78 is 26.1. The Bertz CT molecular complexity index is 306. The molecule has 17 heavy (non-hydrogen) atoms. The maximum Gasteiger partial charge on any atom is 0.211 e. The molecule has 5 heteroatoms. The van der Waals surface area contributed by atoms with Gasteiger partial charge in [-0.15, -0.1) is 0 Å². The standard InChI is InChI=1S/C12H26N2O2S/c1-10(2)7-8-17(15,16)14-9-11-3-5-12(13)6-4-11/h10-12,14H,3-9,13H2,1-2H3. The number of hydrogen-bond donors (Lipinski definition) is 2. The third kappa shape index (κ3) is 6.38. The van der Waals surface area contributed by atoms with Crippen LogP contribution in [0.5, 0.6) is 0 Å². The van der Waals surface area contributed by atoms with Crippen LogP contribution in [0.2, 0.25) is 0 Å². The predicted octanol–water partition coefficient (Wildman–Crippen LogP) is 1.47. The number of nitrogens with two attached hydrogens (primary N) is 1. The summed E-state index contributed by atoms with van der Waals surface area (Å²) in [7, 11) is -3.07. The van der Waals surface area contributed by atoms with E-state index in [9.17, 15) is 8.42 Å². The van der Waals surface area contributed by atoms with Gasteiger partial charge >= 0.3 is 0 Å². The second kappa shape index (κ2) is 6.71. The molecule has 0 aromatic rings. The van der Waals surface area contributed by atoms with Crippen molar-refractivity contribution in [3.8, 4) is 0 Å². The third-order valence-corrected chi connectivity index (χ3v) is 4.83. The fourth-order valence-electron chi connectivity index (χ4n) is 2.10. The molecular weight excluding hydrogens is 236 g/mol. The highest BCUT2D eigenvalue weighted by Gasteiger charge is 2.20. The quantitative estimate of drug-likeness (QED) is 0.761. The molecule has 0 radical (unpaired) electrons. The van der Waals surface area contributed by atoms with Crippen molar-refractivity contribution in [3.63, 3.8) is 0 Å². The van der Waals surface area contributed by atoms with Crippen molar-refractivity contribution in [1.82, 2.24) is 4.72 Å². The summed E-state index contributed by atoms with van der Waals surface area (Å²) in [6.07, 6.45) is 4.88. The van der Waals surface area contributed by atoms with Crippen LogP contribution in [0.25, 0.3) is 0 Å². The molecule has 0 heterocycles. The van der Waals surface area contributed by atoms with Crippen molar-refractivity contribution >= 4 is 10.0 Å². The van der Waals surface area contributed by atoms with Crippen LogP contribution in [0, 0.1) is 11.8 Å². The van der Waals surface area contributed by atoms with E-state index in [0.717, 1.165) is 32.1 Å². The van der Waals surface area contributed by atoms with Crippen LogP contribution in [-0.4, -0.2) is 26.8 Å². The summed E-state index contributed by atoms with van der Waals surface area (Å²) in [6, 6.07) is 0.323. The lowest BCUT2D eigenvalue weighted by Crippen LogP contribution is -2.35. The lowest BCUT2D eigenvalue weighted by molar-refractivity contribution is 0.326. The molecule has 1 rings (SSSR count). The molecule has 0 aromatic carbocycles. The van der Waals surface area contributed by atoms with Gasteiger partial charge in [0, 0.05) is 12.6 Å². The normalized spacial score (nSPS) is 26.4. The van der Waals surface area contributed by atoms with Gasteiger partial charge in [-0.25, -0.2) is 13.1 Å². The molecule has 1 aliphatic carbocycles. The van der Waals surface area contributed by atoms with Crippen molar-refractivity contribution in [2.75, 3.05) is 12.3 Å². The summed E-state index contributed by atoms with van der Waals surface area (Å²) in [5.74, 6) is 1.15. The van der Waals surface area contributed by atoms with Crippen LogP contribution < -0.4 is 10.5 Å². The molecular formula is C12H26N2O2S. The van der Waals surface area contributed by atoms with Crippen LogP contribution in [0.15, 0.2) is 0 Å². The van der Waals surface area contributed by atoms with Gasteiger partial charge in [-0.2, -0.15) is 0 Å². The van der Waals surface area contributed by atoms with Gasteiger partial charge in [0.2, 0.25) is 10.0 Å². The van der Waals surface area contributed by atoms with E-state index >= 15 is 0 Å². The number of nitrogens with one attached hydrogen (secondary N) is 1. The highest BCUT2D eigenvalue weighted by molar-refractivity contribution is 7.89. The van der Waals surface area contributed by atoms with Gasteiger partial charge in [0.25, 0.3) is 0 Å². The summed E-state index contributed by atoms with van der Waals surface area (Å²) in [5, 5.41) is 0. The first kappa shape index (κ1) is 14.9. The van der Waals surface area contributed by atoms with E-state index in [1.165, 1.54) is 0 Å². The van der Waals surface area contributed by atoms with Gasteiger partial charge in [0.05, 0.1) is 5.75 Å². The van der Waals surface area contributed by atoms with E-state index in [-0.39, 0.29) is 5.75 Å². The zero-order valence-corrected chi connectivity index (χ0v) is 11.8. The number of hydrogen-bond acceptors (Lipinski definition) is 3. The van der Waals surface area contributed by atoms with Crippen molar-refractivity contribution in [2.24, 2.45) is 17.6 Å². The fraction of sp³-hybridized carbons (Fsp3) is 1.00. The van der Waals surface area contributed by atoms with Crippen molar-refractivity contribution in [3.05, 3.63) is 0 Å². The van der Waals surface area contributed by atoms with Crippen LogP contribution in [0.3, 0.4) is 0 Å². The zero-order chi connectivity index (χ0) is 12.9. The Kier molecular flexibility index (Phi) is 5.89. The topological polar surface area (TPSA) is 72.2 Å². The highest BCUT2D eigenvalue weighted by atomic mass is 32.2. The number of rotatable bonds is 6. The van der Waals surface area contributed by atoms with E-state index in [1.54, 1.807) is 0 Å². The Labute approximate surface area is 105 Å². The van der Waals surface area contributed by atoms with Crippen LogP contribution in [0.1, 0.15) is 46.0 Å². The summed E-state index contributed by atoms with van der Waals surface area (Å²) in [5.41, 5.74) is 5.82. The third-order valence-electron chi connectivity index (χ3n) is 3.45. The Morgan fingerprint density at radius 2 is 1.82 bits per heavy atom. The van der Waals surface area contributed by atoms with Gasteiger partial charge in [-0.05, 0) is 43.9 Å². The van der Waals surface area contributed by atoms with Gasteiger partial charge in [0.1, 0.15) is 0 Å². The molecule has 0 aromatic heterocycles. The molecule has 1 aliphatic rings. The molecule has 0 bridgehead atoms. The van der Waals surface area contributed by atoms with E-state index < -0.39 is 10.0 Å². The van der Waals surface area contributed by atoms with Crippen molar-refractivity contribution < 1.29 is 8.42 Å². The summed E-state index contributed by atoms with van der Waals surface area (Å²) in [6.45, 7) is 4.67. The SMILES string of the molecule is CC(C)CCS(=O)(=O)NCC1CCC(N)CC1.